The summed E-state index contributed by atoms with van der Waals surface area (Å²) in [5, 5.41) is 10.5. The summed E-state index contributed by atoms with van der Waals surface area (Å²) in [6.07, 6.45) is 7.56. The van der Waals surface area contributed by atoms with Crippen LogP contribution >= 0.6 is 23.4 Å². The van der Waals surface area contributed by atoms with Crippen molar-refractivity contribution >= 4 is 46.8 Å². The maximum Gasteiger partial charge on any atom is 0.311 e. The van der Waals surface area contributed by atoms with Crippen molar-refractivity contribution in [3.05, 3.63) is 53.1 Å². The van der Waals surface area contributed by atoms with E-state index < -0.39 is 39.4 Å². The first-order valence-corrected chi connectivity index (χ1v) is 12.6. The number of rotatable bonds is 3. The number of carbonyl (C=O) groups excluding carboxylic acids is 3. The lowest BCUT2D eigenvalue weighted by Gasteiger charge is -2.39. The number of aliphatic hydroxyl groups excluding tert-OH is 1. The molecule has 0 bridgehead atoms. The number of likely N-dealkylation sites (tertiary alicyclic amines) is 1. The number of carbonyl (C=O) groups is 3. The first-order valence-electron chi connectivity index (χ1n) is 11.4. The Morgan fingerprint density at radius 1 is 1.21 bits per heavy atom. The van der Waals surface area contributed by atoms with Gasteiger partial charge in [0.2, 0.25) is 5.91 Å². The van der Waals surface area contributed by atoms with Crippen molar-refractivity contribution in [2.75, 3.05) is 24.7 Å². The van der Waals surface area contributed by atoms with Crippen LogP contribution in [0.15, 0.2) is 42.5 Å². The lowest BCUT2D eigenvalue weighted by Crippen LogP contribution is -2.56. The van der Waals surface area contributed by atoms with E-state index in [1.165, 1.54) is 16.7 Å². The number of para-hydroxylation sites is 1. The minimum Gasteiger partial charge on any atom is -0.461 e. The summed E-state index contributed by atoms with van der Waals surface area (Å²) in [5.41, 5.74) is 1.45. The fourth-order valence-electron chi connectivity index (χ4n) is 6.02. The molecule has 0 aliphatic carbocycles. The Labute approximate surface area is 207 Å². The Kier molecular flexibility index (Phi) is 5.61. The highest BCUT2D eigenvalue weighted by atomic mass is 35.5. The van der Waals surface area contributed by atoms with E-state index in [1.54, 1.807) is 24.0 Å². The number of hydrogen-bond acceptors (Lipinski definition) is 6. The molecule has 6 atom stereocenters. The average Bonchev–Trinajstić information content (AvgIpc) is 3.06. The van der Waals surface area contributed by atoms with E-state index in [2.05, 4.69) is 0 Å². The molecule has 0 radical (unpaired) electrons. The summed E-state index contributed by atoms with van der Waals surface area (Å²) >= 11 is 8.01. The van der Waals surface area contributed by atoms with Crippen molar-refractivity contribution in [3.8, 4) is 0 Å². The van der Waals surface area contributed by atoms with Crippen LogP contribution in [-0.2, 0) is 19.1 Å². The number of cyclic esters (lactones) is 1. The van der Waals surface area contributed by atoms with Gasteiger partial charge in [0.05, 0.1) is 39.9 Å². The molecule has 0 aromatic heterocycles. The number of ether oxygens (including phenoxy) is 1. The molecule has 2 fully saturated rings. The minimum absolute atomic E-state index is 0.161. The molecule has 5 rings (SSSR count). The Bertz CT molecular complexity index is 1120. The summed E-state index contributed by atoms with van der Waals surface area (Å²) in [6.45, 7) is 5.68. The van der Waals surface area contributed by atoms with E-state index in [9.17, 15) is 19.5 Å². The van der Waals surface area contributed by atoms with E-state index in [4.69, 9.17) is 16.3 Å². The van der Waals surface area contributed by atoms with Gasteiger partial charge in [0.25, 0.3) is 5.91 Å². The maximum atomic E-state index is 14.3. The second-order valence-corrected chi connectivity index (χ2v) is 11.8. The van der Waals surface area contributed by atoms with Crippen LogP contribution in [0, 0.1) is 18.8 Å². The summed E-state index contributed by atoms with van der Waals surface area (Å²) in [4.78, 5) is 44.5. The average molecular weight is 503 g/mol. The number of esters is 1. The van der Waals surface area contributed by atoms with E-state index in [-0.39, 0.29) is 31.6 Å². The third kappa shape index (κ3) is 3.11. The zero-order chi connectivity index (χ0) is 24.4. The second kappa shape index (κ2) is 8.14. The zero-order valence-electron chi connectivity index (χ0n) is 19.2. The molecule has 34 heavy (non-hydrogen) atoms. The molecule has 4 heterocycles. The molecule has 180 valence electrons. The predicted octanol–water partition coefficient (Wildman–Crippen LogP) is 2.73. The van der Waals surface area contributed by atoms with Crippen molar-refractivity contribution in [1.82, 2.24) is 4.90 Å². The lowest BCUT2D eigenvalue weighted by atomic mass is 9.75. The number of fused-ring (bicyclic) bond motifs is 2. The largest absolute Gasteiger partial charge is 0.461 e. The normalized spacial score (nSPS) is 35.4. The van der Waals surface area contributed by atoms with Crippen molar-refractivity contribution < 1.29 is 24.2 Å². The van der Waals surface area contributed by atoms with E-state index in [0.29, 0.717) is 10.7 Å². The summed E-state index contributed by atoms with van der Waals surface area (Å²) in [5.74, 6) is -2.55. The highest BCUT2D eigenvalue weighted by Gasteiger charge is 2.74. The monoisotopic (exact) mass is 502 g/mol. The van der Waals surface area contributed by atoms with Crippen LogP contribution in [0.1, 0.15) is 19.4 Å². The number of nitrogens with zero attached hydrogens (tertiary/aromatic N) is 2. The second-order valence-electron chi connectivity index (χ2n) is 9.56. The van der Waals surface area contributed by atoms with Gasteiger partial charge in [-0.25, -0.2) is 0 Å². The molecule has 4 aliphatic heterocycles. The SMILES string of the molecule is Cc1cccc(Cl)c1N1CC=C[C@]23S[C@]4(C)C=CCOC(=O)[C@@H]4[C@H]2C(=O)N([C@H](C)CO)C3C1=O. The topological polar surface area (TPSA) is 87.2 Å². The van der Waals surface area contributed by atoms with Crippen molar-refractivity contribution in [1.29, 1.82) is 0 Å². The zero-order valence-corrected chi connectivity index (χ0v) is 20.8. The van der Waals surface area contributed by atoms with Crippen molar-refractivity contribution in [2.45, 2.75) is 42.3 Å². The van der Waals surface area contributed by atoms with Gasteiger partial charge in [0.1, 0.15) is 12.6 Å². The Morgan fingerprint density at radius 2 is 1.97 bits per heavy atom. The first-order chi connectivity index (χ1) is 16.2. The number of hydrogen-bond donors (Lipinski definition) is 1. The number of aliphatic hydroxyl groups is 1. The van der Waals surface area contributed by atoms with Crippen LogP contribution in [0.2, 0.25) is 5.02 Å². The highest BCUT2D eigenvalue weighted by Crippen LogP contribution is 2.65. The molecule has 1 N–H and O–H groups in total. The van der Waals surface area contributed by atoms with Crippen molar-refractivity contribution in [2.24, 2.45) is 11.8 Å². The van der Waals surface area contributed by atoms with Gasteiger partial charge in [0.15, 0.2) is 0 Å². The van der Waals surface area contributed by atoms with Gasteiger partial charge >= 0.3 is 5.97 Å². The van der Waals surface area contributed by atoms with Crippen LogP contribution in [-0.4, -0.2) is 69.1 Å². The molecule has 0 saturated carbocycles. The molecular weight excluding hydrogens is 476 g/mol. The smallest absolute Gasteiger partial charge is 0.311 e. The Balaban J connectivity index is 1.70. The predicted molar refractivity (Wildman–Crippen MR) is 131 cm³/mol. The van der Waals surface area contributed by atoms with E-state index >= 15 is 0 Å². The van der Waals surface area contributed by atoms with Gasteiger partial charge in [-0.2, -0.15) is 0 Å². The molecule has 9 heteroatoms. The Hall–Kier alpha value is -2.29. The first kappa shape index (κ1) is 23.5. The third-order valence-electron chi connectivity index (χ3n) is 7.45. The molecule has 1 spiro atoms. The third-order valence-corrected chi connectivity index (χ3v) is 9.55. The quantitative estimate of drug-likeness (QED) is 0.505. The van der Waals surface area contributed by atoms with Crippen LogP contribution in [0.3, 0.4) is 0 Å². The fourth-order valence-corrected chi connectivity index (χ4v) is 8.49. The number of benzene rings is 1. The highest BCUT2D eigenvalue weighted by molar-refractivity contribution is 8.02. The van der Waals surface area contributed by atoms with Gasteiger partial charge < -0.3 is 19.6 Å². The number of anilines is 1. The molecule has 2 saturated heterocycles. The van der Waals surface area contributed by atoms with Crippen LogP contribution in [0.25, 0.3) is 0 Å². The molecule has 1 aromatic carbocycles. The van der Waals surface area contributed by atoms with Crippen LogP contribution < -0.4 is 4.90 Å². The lowest BCUT2D eigenvalue weighted by molar-refractivity contribution is -0.153. The molecular formula is C25H27ClN2O5S. The van der Waals surface area contributed by atoms with Gasteiger partial charge in [-0.1, -0.05) is 42.0 Å². The number of aryl methyl sites for hydroxylation is 1. The molecule has 7 nitrogen and oxygen atoms in total. The summed E-state index contributed by atoms with van der Waals surface area (Å²) in [7, 11) is 0. The molecule has 2 amide bonds. The number of thioether (sulfide) groups is 1. The molecule has 4 aliphatic rings. The van der Waals surface area contributed by atoms with Crippen LogP contribution in [0.4, 0.5) is 5.69 Å². The van der Waals surface area contributed by atoms with Gasteiger partial charge in [-0.3, -0.25) is 14.4 Å². The maximum absolute atomic E-state index is 14.3. The number of amides is 2. The minimum atomic E-state index is -0.984. The van der Waals surface area contributed by atoms with E-state index in [0.717, 1.165) is 5.56 Å². The number of halogens is 1. The fraction of sp³-hybridized carbons (Fsp3) is 0.480. The molecule has 1 unspecified atom stereocenters. The van der Waals surface area contributed by atoms with Gasteiger partial charge in [-0.05, 0) is 38.5 Å². The van der Waals surface area contributed by atoms with Gasteiger partial charge in [0, 0.05) is 11.3 Å². The summed E-state index contributed by atoms with van der Waals surface area (Å²) < 4.78 is 3.73. The van der Waals surface area contributed by atoms with Gasteiger partial charge in [-0.15, -0.1) is 11.8 Å². The Morgan fingerprint density at radius 3 is 2.68 bits per heavy atom. The van der Waals surface area contributed by atoms with Crippen LogP contribution in [0.5, 0.6) is 0 Å². The van der Waals surface area contributed by atoms with E-state index in [1.807, 2.05) is 44.2 Å². The molecule has 1 aromatic rings. The standard InChI is InChI=1S/C25H27ClN2O5S/c1-14-7-4-8-16(26)19(14)27-11-5-10-25-17(18-23(32)33-12-6-9-24(18,3)34-25)21(30)28(15(2)13-29)20(25)22(27)31/h4-10,15,17-18,20,29H,11-13H2,1-3H3/t15-,17+,18+,20?,24-,25+/m1/s1. The van der Waals surface area contributed by atoms with Crippen molar-refractivity contribution in [3.63, 3.8) is 0 Å². The summed E-state index contributed by atoms with van der Waals surface area (Å²) in [6, 6.07) is 3.95.